The molecule has 0 N–H and O–H groups in total. The summed E-state index contributed by atoms with van der Waals surface area (Å²) in [5.41, 5.74) is 1.62. The summed E-state index contributed by atoms with van der Waals surface area (Å²) in [6.07, 6.45) is 5.31. The number of oxazole rings is 1. The molecule has 3 nitrogen and oxygen atoms in total. The highest BCUT2D eigenvalue weighted by atomic mass is 16.3. The van der Waals surface area contributed by atoms with Crippen molar-refractivity contribution in [1.29, 1.82) is 0 Å². The Hall–Kier alpha value is -1.64. The quantitative estimate of drug-likeness (QED) is 0.844. The zero-order valence-corrected chi connectivity index (χ0v) is 10.8. The molecule has 98 valence electrons. The normalized spacial score (nSPS) is 29.2. The Morgan fingerprint density at radius 2 is 2.16 bits per heavy atom. The maximum Gasteiger partial charge on any atom is 0.202 e. The van der Waals surface area contributed by atoms with Gasteiger partial charge in [0.1, 0.15) is 11.3 Å². The van der Waals surface area contributed by atoms with Crippen molar-refractivity contribution < 1.29 is 9.21 Å². The van der Waals surface area contributed by atoms with Gasteiger partial charge in [-0.2, -0.15) is 0 Å². The van der Waals surface area contributed by atoms with Crippen LogP contribution in [0.15, 0.2) is 28.7 Å². The zero-order chi connectivity index (χ0) is 12.8. The van der Waals surface area contributed by atoms with Crippen molar-refractivity contribution >= 4 is 16.9 Å². The minimum absolute atomic E-state index is 0.272. The van der Waals surface area contributed by atoms with Crippen LogP contribution in [0.4, 0.5) is 0 Å². The van der Waals surface area contributed by atoms with Crippen LogP contribution in [0.2, 0.25) is 0 Å². The summed E-state index contributed by atoms with van der Waals surface area (Å²) >= 11 is 0. The molecule has 2 fully saturated rings. The number of Topliss-reactive ketones (excluding diaryl/α,β-unsaturated/α-hetero) is 1. The van der Waals surface area contributed by atoms with Crippen LogP contribution >= 0.6 is 0 Å². The SMILES string of the molecule is O=C(Cc1nc2ccccc2o1)C1CC2CCC1C2. The van der Waals surface area contributed by atoms with Gasteiger partial charge in [0, 0.05) is 5.92 Å². The first kappa shape index (κ1) is 11.2. The molecule has 2 aromatic rings. The molecule has 1 heterocycles. The number of carbonyl (C=O) groups is 1. The van der Waals surface area contributed by atoms with Crippen LogP contribution in [0.5, 0.6) is 0 Å². The van der Waals surface area contributed by atoms with Gasteiger partial charge in [0.2, 0.25) is 5.89 Å². The summed E-state index contributed by atoms with van der Waals surface area (Å²) in [5, 5.41) is 0. The van der Waals surface area contributed by atoms with Crippen LogP contribution in [0, 0.1) is 17.8 Å². The highest BCUT2D eigenvalue weighted by Crippen LogP contribution is 2.48. The van der Waals surface area contributed by atoms with Crippen molar-refractivity contribution in [2.45, 2.75) is 32.1 Å². The largest absolute Gasteiger partial charge is 0.440 e. The number of para-hydroxylation sites is 2. The van der Waals surface area contributed by atoms with E-state index in [0.717, 1.165) is 23.4 Å². The molecule has 2 bridgehead atoms. The van der Waals surface area contributed by atoms with Crippen molar-refractivity contribution in [2.24, 2.45) is 17.8 Å². The Kier molecular flexibility index (Phi) is 2.47. The fourth-order valence-corrected chi connectivity index (χ4v) is 3.91. The van der Waals surface area contributed by atoms with Gasteiger partial charge in [-0.25, -0.2) is 4.98 Å². The van der Waals surface area contributed by atoms with Gasteiger partial charge in [0.05, 0.1) is 6.42 Å². The molecule has 0 saturated heterocycles. The summed E-state index contributed by atoms with van der Waals surface area (Å²) in [5.74, 6) is 2.63. The lowest BCUT2D eigenvalue weighted by molar-refractivity contribution is -0.124. The third kappa shape index (κ3) is 1.88. The van der Waals surface area contributed by atoms with E-state index in [0.29, 0.717) is 24.0 Å². The van der Waals surface area contributed by atoms with E-state index >= 15 is 0 Å². The fourth-order valence-electron chi connectivity index (χ4n) is 3.91. The number of fused-ring (bicyclic) bond motifs is 3. The Balaban J connectivity index is 1.53. The van der Waals surface area contributed by atoms with Gasteiger partial charge in [-0.3, -0.25) is 4.79 Å². The molecule has 2 saturated carbocycles. The van der Waals surface area contributed by atoms with E-state index in [1.807, 2.05) is 24.3 Å². The molecular formula is C16H17NO2. The smallest absolute Gasteiger partial charge is 0.202 e. The van der Waals surface area contributed by atoms with Gasteiger partial charge in [0.25, 0.3) is 0 Å². The molecule has 2 aliphatic rings. The minimum atomic E-state index is 0.272. The lowest BCUT2D eigenvalue weighted by Crippen LogP contribution is -2.22. The van der Waals surface area contributed by atoms with Gasteiger partial charge in [0.15, 0.2) is 5.58 Å². The summed E-state index contributed by atoms with van der Waals surface area (Å²) < 4.78 is 5.65. The monoisotopic (exact) mass is 255 g/mol. The molecule has 4 rings (SSSR count). The number of aromatic nitrogens is 1. The fraction of sp³-hybridized carbons (Fsp3) is 0.500. The van der Waals surface area contributed by atoms with Gasteiger partial charge >= 0.3 is 0 Å². The van der Waals surface area contributed by atoms with Gasteiger partial charge in [-0.05, 0) is 43.2 Å². The van der Waals surface area contributed by atoms with E-state index in [1.54, 1.807) is 0 Å². The Labute approximate surface area is 112 Å². The average Bonchev–Trinajstić information content (AvgIpc) is 3.12. The molecule has 0 spiro atoms. The van der Waals surface area contributed by atoms with Gasteiger partial charge < -0.3 is 4.42 Å². The number of hydrogen-bond acceptors (Lipinski definition) is 3. The zero-order valence-electron chi connectivity index (χ0n) is 10.8. The van der Waals surface area contributed by atoms with E-state index in [1.165, 1.54) is 19.3 Å². The van der Waals surface area contributed by atoms with E-state index in [9.17, 15) is 4.79 Å². The average molecular weight is 255 g/mol. The highest BCUT2D eigenvalue weighted by molar-refractivity contribution is 5.84. The summed E-state index contributed by atoms with van der Waals surface area (Å²) in [7, 11) is 0. The maximum absolute atomic E-state index is 12.4. The first-order valence-electron chi connectivity index (χ1n) is 7.17. The number of benzene rings is 1. The van der Waals surface area contributed by atoms with E-state index in [4.69, 9.17) is 4.42 Å². The molecule has 0 amide bonds. The van der Waals surface area contributed by atoms with Crippen molar-refractivity contribution in [3.05, 3.63) is 30.2 Å². The third-order valence-electron chi connectivity index (χ3n) is 4.82. The molecule has 0 radical (unpaired) electrons. The minimum Gasteiger partial charge on any atom is -0.440 e. The topological polar surface area (TPSA) is 43.1 Å². The highest BCUT2D eigenvalue weighted by Gasteiger charge is 2.42. The summed E-state index contributed by atoms with van der Waals surface area (Å²) in [4.78, 5) is 16.8. The first-order valence-corrected chi connectivity index (χ1v) is 7.17. The lowest BCUT2D eigenvalue weighted by atomic mass is 9.84. The molecule has 1 aromatic carbocycles. The van der Waals surface area contributed by atoms with Crippen molar-refractivity contribution in [3.63, 3.8) is 0 Å². The third-order valence-corrected chi connectivity index (χ3v) is 4.82. The number of carbonyl (C=O) groups excluding carboxylic acids is 1. The Morgan fingerprint density at radius 1 is 1.26 bits per heavy atom. The second kappa shape index (κ2) is 4.19. The molecular weight excluding hydrogens is 238 g/mol. The van der Waals surface area contributed by atoms with Crippen LogP contribution in [0.1, 0.15) is 31.6 Å². The molecule has 0 aliphatic heterocycles. The van der Waals surface area contributed by atoms with Crippen molar-refractivity contribution in [1.82, 2.24) is 4.98 Å². The van der Waals surface area contributed by atoms with Crippen molar-refractivity contribution in [3.8, 4) is 0 Å². The van der Waals surface area contributed by atoms with Crippen LogP contribution in [0.3, 0.4) is 0 Å². The van der Waals surface area contributed by atoms with Crippen LogP contribution in [-0.2, 0) is 11.2 Å². The number of ketones is 1. The molecule has 3 unspecified atom stereocenters. The number of nitrogens with zero attached hydrogens (tertiary/aromatic N) is 1. The van der Waals surface area contributed by atoms with Gasteiger partial charge in [-0.1, -0.05) is 18.6 Å². The second-order valence-electron chi connectivity index (χ2n) is 6.00. The van der Waals surface area contributed by atoms with E-state index < -0.39 is 0 Å². The maximum atomic E-state index is 12.4. The molecule has 3 atom stereocenters. The van der Waals surface area contributed by atoms with Crippen molar-refractivity contribution in [2.75, 3.05) is 0 Å². The number of hydrogen-bond donors (Lipinski definition) is 0. The summed E-state index contributed by atoms with van der Waals surface area (Å²) in [6.45, 7) is 0. The second-order valence-corrected chi connectivity index (χ2v) is 6.00. The Bertz CT molecular complexity index is 597. The lowest BCUT2D eigenvalue weighted by Gasteiger charge is -2.19. The predicted molar refractivity (Wildman–Crippen MR) is 71.7 cm³/mol. The molecule has 3 heteroatoms. The van der Waals surface area contributed by atoms with Crippen LogP contribution < -0.4 is 0 Å². The predicted octanol–water partition coefficient (Wildman–Crippen LogP) is 3.38. The van der Waals surface area contributed by atoms with Crippen LogP contribution in [0.25, 0.3) is 11.1 Å². The van der Waals surface area contributed by atoms with Gasteiger partial charge in [-0.15, -0.1) is 0 Å². The molecule has 1 aromatic heterocycles. The van der Waals surface area contributed by atoms with E-state index in [-0.39, 0.29) is 5.92 Å². The standard InChI is InChI=1S/C16H17NO2/c18-14(12-8-10-5-6-11(12)7-10)9-16-17-13-3-1-2-4-15(13)19-16/h1-4,10-12H,5-9H2. The van der Waals surface area contributed by atoms with E-state index in [2.05, 4.69) is 4.98 Å². The molecule has 19 heavy (non-hydrogen) atoms. The summed E-state index contributed by atoms with van der Waals surface area (Å²) in [6, 6.07) is 7.68. The van der Waals surface area contributed by atoms with Crippen LogP contribution in [-0.4, -0.2) is 10.8 Å². The number of rotatable bonds is 3. The molecule has 2 aliphatic carbocycles. The Morgan fingerprint density at radius 3 is 2.89 bits per heavy atom. The first-order chi connectivity index (χ1) is 9.29.